The molecule has 2 heteroatoms. The zero-order valence-corrected chi connectivity index (χ0v) is 12.0. The molecule has 1 heterocycles. The molecule has 0 spiro atoms. The Balaban J connectivity index is 2.05. The molecular weight excluding hydrogens is 208 g/mol. The largest absolute Gasteiger partial charge is 0.313 e. The average Bonchev–Trinajstić information content (AvgIpc) is 2.38. The van der Waals surface area contributed by atoms with Gasteiger partial charge in [-0.25, -0.2) is 0 Å². The van der Waals surface area contributed by atoms with Gasteiger partial charge < -0.3 is 10.2 Å². The number of rotatable bonds is 9. The molecule has 0 bridgehead atoms. The second kappa shape index (κ2) is 9.90. The molecule has 102 valence electrons. The minimum atomic E-state index is 0.763. The third-order valence-electron chi connectivity index (χ3n) is 3.92. The van der Waals surface area contributed by atoms with E-state index in [1.54, 1.807) is 0 Å². The van der Waals surface area contributed by atoms with Crippen molar-refractivity contribution in [1.82, 2.24) is 10.2 Å². The van der Waals surface area contributed by atoms with Gasteiger partial charge in [0.05, 0.1) is 0 Å². The Morgan fingerprint density at radius 1 is 1.06 bits per heavy atom. The van der Waals surface area contributed by atoms with Crippen molar-refractivity contribution in [2.45, 2.75) is 71.3 Å². The van der Waals surface area contributed by atoms with E-state index in [2.05, 4.69) is 24.1 Å². The molecule has 0 aromatic rings. The Kier molecular flexibility index (Phi) is 8.72. The Hall–Kier alpha value is -0.0800. The van der Waals surface area contributed by atoms with Crippen LogP contribution in [0.25, 0.3) is 0 Å². The minimum absolute atomic E-state index is 0.763. The molecule has 17 heavy (non-hydrogen) atoms. The molecule has 0 aromatic heterocycles. The van der Waals surface area contributed by atoms with Gasteiger partial charge in [-0.1, -0.05) is 46.0 Å². The van der Waals surface area contributed by atoms with Gasteiger partial charge in [-0.05, 0) is 38.9 Å². The normalized spacial score (nSPS) is 21.0. The fourth-order valence-corrected chi connectivity index (χ4v) is 2.71. The lowest BCUT2D eigenvalue weighted by Crippen LogP contribution is -2.43. The first-order chi connectivity index (χ1) is 8.36. The molecule has 0 aliphatic carbocycles. The number of likely N-dealkylation sites (N-methyl/N-ethyl adjacent to an activating group) is 1. The molecule has 1 fully saturated rings. The van der Waals surface area contributed by atoms with Crippen LogP contribution in [0.2, 0.25) is 0 Å². The van der Waals surface area contributed by atoms with Crippen molar-refractivity contribution in [2.75, 3.05) is 26.2 Å². The van der Waals surface area contributed by atoms with E-state index in [-0.39, 0.29) is 0 Å². The molecule has 1 atom stereocenters. The van der Waals surface area contributed by atoms with Crippen LogP contribution in [0.3, 0.4) is 0 Å². The quantitative estimate of drug-likeness (QED) is 0.621. The summed E-state index contributed by atoms with van der Waals surface area (Å²) < 4.78 is 0. The maximum absolute atomic E-state index is 3.65. The van der Waals surface area contributed by atoms with Crippen molar-refractivity contribution in [3.8, 4) is 0 Å². The van der Waals surface area contributed by atoms with Crippen LogP contribution >= 0.6 is 0 Å². The zero-order chi connectivity index (χ0) is 12.3. The van der Waals surface area contributed by atoms with E-state index in [1.807, 2.05) is 0 Å². The summed E-state index contributed by atoms with van der Waals surface area (Å²) in [6.07, 6.45) is 11.2. The Morgan fingerprint density at radius 3 is 2.53 bits per heavy atom. The van der Waals surface area contributed by atoms with Gasteiger partial charge in [0.15, 0.2) is 0 Å². The lowest BCUT2D eigenvalue weighted by molar-refractivity contribution is 0.229. The van der Waals surface area contributed by atoms with Crippen LogP contribution in [-0.2, 0) is 0 Å². The van der Waals surface area contributed by atoms with Gasteiger partial charge in [0, 0.05) is 12.6 Å². The molecule has 0 aromatic carbocycles. The third kappa shape index (κ3) is 7.05. The predicted octanol–water partition coefficient (Wildman–Crippen LogP) is 3.42. The molecule has 1 rings (SSSR count). The van der Waals surface area contributed by atoms with Crippen molar-refractivity contribution >= 4 is 0 Å². The first kappa shape index (κ1) is 15.0. The molecule has 0 saturated carbocycles. The van der Waals surface area contributed by atoms with Crippen LogP contribution in [0.5, 0.6) is 0 Å². The summed E-state index contributed by atoms with van der Waals surface area (Å²) in [6.45, 7) is 9.61. The lowest BCUT2D eigenvalue weighted by Gasteiger charge is -2.29. The predicted molar refractivity (Wildman–Crippen MR) is 76.5 cm³/mol. The van der Waals surface area contributed by atoms with Gasteiger partial charge in [0.2, 0.25) is 0 Å². The SMILES string of the molecule is CCCCCCCN(CC)CC1CCCCN1. The number of nitrogens with zero attached hydrogens (tertiary/aromatic N) is 1. The monoisotopic (exact) mass is 240 g/mol. The minimum Gasteiger partial charge on any atom is -0.313 e. The molecule has 0 radical (unpaired) electrons. The number of nitrogens with one attached hydrogen (secondary N) is 1. The summed E-state index contributed by atoms with van der Waals surface area (Å²) in [4.78, 5) is 2.63. The summed E-state index contributed by atoms with van der Waals surface area (Å²) >= 11 is 0. The van der Waals surface area contributed by atoms with Crippen molar-refractivity contribution in [3.05, 3.63) is 0 Å². The fraction of sp³-hybridized carbons (Fsp3) is 1.00. The highest BCUT2D eigenvalue weighted by molar-refractivity contribution is 4.75. The van der Waals surface area contributed by atoms with E-state index in [0.717, 1.165) is 6.04 Å². The molecule has 1 unspecified atom stereocenters. The van der Waals surface area contributed by atoms with E-state index in [4.69, 9.17) is 0 Å². The standard InChI is InChI=1S/C15H32N2/c1-3-5-6-7-10-13-17(4-2)14-15-11-8-9-12-16-15/h15-16H,3-14H2,1-2H3. The van der Waals surface area contributed by atoms with Crippen molar-refractivity contribution in [3.63, 3.8) is 0 Å². The fourth-order valence-electron chi connectivity index (χ4n) is 2.71. The van der Waals surface area contributed by atoms with E-state index < -0.39 is 0 Å². The lowest BCUT2D eigenvalue weighted by atomic mass is 10.0. The van der Waals surface area contributed by atoms with Crippen molar-refractivity contribution in [2.24, 2.45) is 0 Å². The highest BCUT2D eigenvalue weighted by atomic mass is 15.1. The van der Waals surface area contributed by atoms with Crippen molar-refractivity contribution in [1.29, 1.82) is 0 Å². The molecular formula is C15H32N2. The van der Waals surface area contributed by atoms with Crippen molar-refractivity contribution < 1.29 is 0 Å². The highest BCUT2D eigenvalue weighted by Crippen LogP contribution is 2.10. The molecule has 1 saturated heterocycles. The van der Waals surface area contributed by atoms with Crippen LogP contribution < -0.4 is 5.32 Å². The number of hydrogen-bond donors (Lipinski definition) is 1. The van der Waals surface area contributed by atoms with Gasteiger partial charge >= 0.3 is 0 Å². The average molecular weight is 240 g/mol. The Bertz CT molecular complexity index is 164. The maximum Gasteiger partial charge on any atom is 0.0195 e. The van der Waals surface area contributed by atoms with Crippen LogP contribution in [0.15, 0.2) is 0 Å². The summed E-state index contributed by atoms with van der Waals surface area (Å²) in [5.41, 5.74) is 0. The smallest absolute Gasteiger partial charge is 0.0195 e. The maximum atomic E-state index is 3.65. The van der Waals surface area contributed by atoms with E-state index >= 15 is 0 Å². The third-order valence-corrected chi connectivity index (χ3v) is 3.92. The molecule has 2 nitrogen and oxygen atoms in total. The van der Waals surface area contributed by atoms with Gasteiger partial charge in [0.25, 0.3) is 0 Å². The summed E-state index contributed by atoms with van der Waals surface area (Å²) in [6, 6.07) is 0.763. The Morgan fingerprint density at radius 2 is 1.88 bits per heavy atom. The second-order valence-electron chi connectivity index (χ2n) is 5.45. The first-order valence-corrected chi connectivity index (χ1v) is 7.82. The van der Waals surface area contributed by atoms with E-state index in [9.17, 15) is 0 Å². The zero-order valence-electron chi connectivity index (χ0n) is 12.0. The summed E-state index contributed by atoms with van der Waals surface area (Å²) in [5.74, 6) is 0. The summed E-state index contributed by atoms with van der Waals surface area (Å²) in [7, 11) is 0. The van der Waals surface area contributed by atoms with Gasteiger partial charge in [-0.2, -0.15) is 0 Å². The number of piperidine rings is 1. The molecule has 0 amide bonds. The first-order valence-electron chi connectivity index (χ1n) is 7.82. The Labute approximate surface area is 108 Å². The number of unbranched alkanes of at least 4 members (excludes halogenated alkanes) is 4. The van der Waals surface area contributed by atoms with Crippen LogP contribution in [0.4, 0.5) is 0 Å². The van der Waals surface area contributed by atoms with Crippen LogP contribution in [0.1, 0.15) is 65.2 Å². The molecule has 1 aliphatic heterocycles. The number of hydrogen-bond acceptors (Lipinski definition) is 2. The molecule has 1 aliphatic rings. The second-order valence-corrected chi connectivity index (χ2v) is 5.45. The van der Waals surface area contributed by atoms with E-state index in [1.165, 1.54) is 77.5 Å². The van der Waals surface area contributed by atoms with Gasteiger partial charge in [-0.3, -0.25) is 0 Å². The topological polar surface area (TPSA) is 15.3 Å². The van der Waals surface area contributed by atoms with Crippen LogP contribution in [-0.4, -0.2) is 37.1 Å². The van der Waals surface area contributed by atoms with E-state index in [0.29, 0.717) is 0 Å². The summed E-state index contributed by atoms with van der Waals surface area (Å²) in [5, 5.41) is 3.65. The van der Waals surface area contributed by atoms with Gasteiger partial charge in [0.1, 0.15) is 0 Å². The molecule has 1 N–H and O–H groups in total. The van der Waals surface area contributed by atoms with Gasteiger partial charge in [-0.15, -0.1) is 0 Å². The van der Waals surface area contributed by atoms with Crippen LogP contribution in [0, 0.1) is 0 Å². The highest BCUT2D eigenvalue weighted by Gasteiger charge is 2.15.